The molecule has 0 bridgehead atoms. The summed E-state index contributed by atoms with van der Waals surface area (Å²) in [5.74, 6) is -1.13. The molecule has 2 amide bonds. The van der Waals surface area contributed by atoms with E-state index in [9.17, 15) is 14.4 Å². The van der Waals surface area contributed by atoms with Crippen LogP contribution in [-0.2, 0) is 16.0 Å². The zero-order valence-corrected chi connectivity index (χ0v) is 20.2. The van der Waals surface area contributed by atoms with Gasteiger partial charge in [-0.1, -0.05) is 19.1 Å². The summed E-state index contributed by atoms with van der Waals surface area (Å²) in [6, 6.07) is 18.5. The number of hydrazone groups is 1. The number of amides is 2. The van der Waals surface area contributed by atoms with Gasteiger partial charge in [0.05, 0.1) is 25.5 Å². The fourth-order valence-corrected chi connectivity index (χ4v) is 3.07. The van der Waals surface area contributed by atoms with E-state index in [1.54, 1.807) is 68.6 Å². The number of carbonyl (C=O) groups is 3. The molecule has 0 aliphatic carbocycles. The van der Waals surface area contributed by atoms with Crippen LogP contribution in [0, 0.1) is 0 Å². The average Bonchev–Trinajstić information content (AvgIpc) is 2.90. The molecular formula is C27H27N3O6. The molecule has 3 aromatic carbocycles. The van der Waals surface area contributed by atoms with Crippen molar-refractivity contribution in [3.63, 3.8) is 0 Å². The molecule has 36 heavy (non-hydrogen) atoms. The minimum atomic E-state index is -0.916. The number of aryl methyl sites for hydroxylation is 1. The van der Waals surface area contributed by atoms with Crippen molar-refractivity contribution in [2.75, 3.05) is 19.0 Å². The smallest absolute Gasteiger partial charge is 0.343 e. The quantitative estimate of drug-likeness (QED) is 0.155. The van der Waals surface area contributed by atoms with Crippen molar-refractivity contribution in [1.82, 2.24) is 5.43 Å². The fraction of sp³-hybridized carbons (Fsp3) is 0.185. The second-order valence-electron chi connectivity index (χ2n) is 7.46. The Morgan fingerprint density at radius 2 is 1.61 bits per heavy atom. The lowest BCUT2D eigenvalue weighted by Gasteiger charge is -2.11. The zero-order chi connectivity index (χ0) is 25.9. The van der Waals surface area contributed by atoms with E-state index in [1.165, 1.54) is 6.21 Å². The number of esters is 1. The van der Waals surface area contributed by atoms with Crippen molar-refractivity contribution in [2.24, 2.45) is 5.10 Å². The Morgan fingerprint density at radius 3 is 2.25 bits per heavy atom. The predicted octanol–water partition coefficient (Wildman–Crippen LogP) is 3.96. The fourth-order valence-electron chi connectivity index (χ4n) is 3.07. The molecule has 3 rings (SSSR count). The molecule has 0 saturated carbocycles. The van der Waals surface area contributed by atoms with Gasteiger partial charge in [-0.05, 0) is 79.1 Å². The average molecular weight is 490 g/mol. The molecule has 186 valence electrons. The monoisotopic (exact) mass is 489 g/mol. The van der Waals surface area contributed by atoms with Gasteiger partial charge < -0.3 is 19.5 Å². The lowest BCUT2D eigenvalue weighted by Crippen LogP contribution is -2.32. The normalized spacial score (nSPS) is 10.5. The Morgan fingerprint density at radius 1 is 0.889 bits per heavy atom. The number of rotatable bonds is 9. The third-order valence-corrected chi connectivity index (χ3v) is 5.00. The van der Waals surface area contributed by atoms with Gasteiger partial charge in [0, 0.05) is 5.69 Å². The van der Waals surface area contributed by atoms with Gasteiger partial charge in [0.25, 0.3) is 0 Å². The summed E-state index contributed by atoms with van der Waals surface area (Å²) in [6.07, 6.45) is 2.22. The number of methoxy groups -OCH3 is 1. The van der Waals surface area contributed by atoms with Crippen molar-refractivity contribution in [1.29, 1.82) is 0 Å². The SMILES string of the molecule is CCOc1cc(/C=N\NC(=O)C(=O)Nc2ccc(CC)cc2)ccc1OC(=O)c1ccc(OC)cc1. The molecule has 0 aliphatic heterocycles. The molecule has 0 atom stereocenters. The van der Waals surface area contributed by atoms with Crippen LogP contribution in [0.4, 0.5) is 5.69 Å². The zero-order valence-electron chi connectivity index (χ0n) is 20.2. The van der Waals surface area contributed by atoms with E-state index in [0.29, 0.717) is 34.9 Å². The van der Waals surface area contributed by atoms with Crippen LogP contribution in [0.2, 0.25) is 0 Å². The van der Waals surface area contributed by atoms with Crippen LogP contribution in [0.15, 0.2) is 71.8 Å². The first-order chi connectivity index (χ1) is 17.4. The van der Waals surface area contributed by atoms with Gasteiger partial charge in [0.1, 0.15) is 5.75 Å². The number of benzene rings is 3. The van der Waals surface area contributed by atoms with E-state index < -0.39 is 17.8 Å². The molecule has 3 aromatic rings. The van der Waals surface area contributed by atoms with Gasteiger partial charge in [-0.25, -0.2) is 10.2 Å². The first-order valence-electron chi connectivity index (χ1n) is 11.3. The van der Waals surface area contributed by atoms with Crippen molar-refractivity contribution in [3.8, 4) is 17.2 Å². The number of ether oxygens (including phenoxy) is 3. The summed E-state index contributed by atoms with van der Waals surface area (Å²) in [6.45, 7) is 4.16. The summed E-state index contributed by atoms with van der Waals surface area (Å²) in [7, 11) is 1.54. The summed E-state index contributed by atoms with van der Waals surface area (Å²) >= 11 is 0. The Kier molecular flexibility index (Phi) is 9.16. The number of hydrogen-bond donors (Lipinski definition) is 2. The minimum Gasteiger partial charge on any atom is -0.497 e. The summed E-state index contributed by atoms with van der Waals surface area (Å²) in [5.41, 5.74) is 4.72. The maximum Gasteiger partial charge on any atom is 0.343 e. The first kappa shape index (κ1) is 26.0. The highest BCUT2D eigenvalue weighted by atomic mass is 16.6. The number of nitrogens with zero attached hydrogens (tertiary/aromatic N) is 1. The largest absolute Gasteiger partial charge is 0.497 e. The third kappa shape index (κ3) is 7.17. The van der Waals surface area contributed by atoms with Gasteiger partial charge in [0.2, 0.25) is 0 Å². The molecule has 0 radical (unpaired) electrons. The number of hydrogen-bond acceptors (Lipinski definition) is 7. The summed E-state index contributed by atoms with van der Waals surface area (Å²) in [4.78, 5) is 36.6. The predicted molar refractivity (Wildman–Crippen MR) is 136 cm³/mol. The van der Waals surface area contributed by atoms with Gasteiger partial charge in [-0.15, -0.1) is 0 Å². The van der Waals surface area contributed by atoms with E-state index in [1.807, 2.05) is 19.1 Å². The molecule has 0 spiro atoms. The minimum absolute atomic E-state index is 0.229. The highest BCUT2D eigenvalue weighted by Crippen LogP contribution is 2.29. The van der Waals surface area contributed by atoms with Gasteiger partial charge in [0.15, 0.2) is 11.5 Å². The van der Waals surface area contributed by atoms with Crippen LogP contribution < -0.4 is 25.0 Å². The van der Waals surface area contributed by atoms with Gasteiger partial charge in [-0.2, -0.15) is 5.10 Å². The molecule has 0 aromatic heterocycles. The number of nitrogens with one attached hydrogen (secondary N) is 2. The third-order valence-electron chi connectivity index (χ3n) is 5.00. The van der Waals surface area contributed by atoms with Crippen molar-refractivity contribution in [2.45, 2.75) is 20.3 Å². The molecular weight excluding hydrogens is 462 g/mol. The van der Waals surface area contributed by atoms with Crippen LogP contribution in [-0.4, -0.2) is 37.7 Å². The lowest BCUT2D eigenvalue weighted by molar-refractivity contribution is -0.136. The number of anilines is 1. The maximum absolute atomic E-state index is 12.5. The molecule has 2 N–H and O–H groups in total. The molecule has 0 aliphatic rings. The molecule has 0 heterocycles. The molecule has 0 saturated heterocycles. The van der Waals surface area contributed by atoms with E-state index in [-0.39, 0.29) is 5.75 Å². The van der Waals surface area contributed by atoms with Gasteiger partial charge >= 0.3 is 17.8 Å². The number of carbonyl (C=O) groups excluding carboxylic acids is 3. The highest BCUT2D eigenvalue weighted by Gasteiger charge is 2.15. The Hall–Kier alpha value is -4.66. The van der Waals surface area contributed by atoms with Crippen molar-refractivity contribution >= 4 is 29.7 Å². The van der Waals surface area contributed by atoms with E-state index in [2.05, 4.69) is 15.8 Å². The van der Waals surface area contributed by atoms with E-state index in [0.717, 1.165) is 12.0 Å². The van der Waals surface area contributed by atoms with Crippen LogP contribution in [0.25, 0.3) is 0 Å². The van der Waals surface area contributed by atoms with Crippen LogP contribution in [0.5, 0.6) is 17.2 Å². The molecule has 9 heteroatoms. The first-order valence-corrected chi connectivity index (χ1v) is 11.3. The lowest BCUT2D eigenvalue weighted by atomic mass is 10.1. The van der Waals surface area contributed by atoms with Crippen molar-refractivity contribution < 1.29 is 28.6 Å². The van der Waals surface area contributed by atoms with E-state index >= 15 is 0 Å². The van der Waals surface area contributed by atoms with E-state index in [4.69, 9.17) is 14.2 Å². The molecule has 0 unspecified atom stereocenters. The van der Waals surface area contributed by atoms with Crippen LogP contribution >= 0.6 is 0 Å². The van der Waals surface area contributed by atoms with Crippen molar-refractivity contribution in [3.05, 3.63) is 83.4 Å². The molecule has 0 fully saturated rings. The van der Waals surface area contributed by atoms with Crippen LogP contribution in [0.3, 0.4) is 0 Å². The Labute approximate surface area is 209 Å². The Balaban J connectivity index is 1.61. The Bertz CT molecular complexity index is 1240. The highest BCUT2D eigenvalue weighted by molar-refractivity contribution is 6.39. The second kappa shape index (κ2) is 12.7. The topological polar surface area (TPSA) is 115 Å². The molecule has 9 nitrogen and oxygen atoms in total. The summed E-state index contributed by atoms with van der Waals surface area (Å²) in [5, 5.41) is 6.34. The standard InChI is InChI=1S/C27H27N3O6/c1-4-18-6-11-21(12-7-18)29-25(31)26(32)30-28-17-19-8-15-23(24(16-19)35-5-2)36-27(33)20-9-13-22(34-3)14-10-20/h6-17H,4-5H2,1-3H3,(H,29,31)(H,30,32)/b28-17-. The maximum atomic E-state index is 12.5. The van der Waals surface area contributed by atoms with Gasteiger partial charge in [-0.3, -0.25) is 9.59 Å². The second-order valence-corrected chi connectivity index (χ2v) is 7.46. The summed E-state index contributed by atoms with van der Waals surface area (Å²) < 4.78 is 16.2. The van der Waals surface area contributed by atoms with Crippen LogP contribution in [0.1, 0.15) is 35.3 Å².